The van der Waals surface area contributed by atoms with Crippen LogP contribution in [-0.4, -0.2) is 30.7 Å². The smallest absolute Gasteiger partial charge is 0.227 e. The number of amides is 2. The number of thioether (sulfide) groups is 1. The lowest BCUT2D eigenvalue weighted by atomic mass is 10.2. The third-order valence-corrected chi connectivity index (χ3v) is 5.59. The summed E-state index contributed by atoms with van der Waals surface area (Å²) in [7, 11) is 1.62. The van der Waals surface area contributed by atoms with Crippen LogP contribution in [0.3, 0.4) is 0 Å². The van der Waals surface area contributed by atoms with Gasteiger partial charge in [0.05, 0.1) is 12.8 Å². The van der Waals surface area contributed by atoms with Crippen LogP contribution in [0.15, 0.2) is 53.4 Å². The van der Waals surface area contributed by atoms with Crippen LogP contribution in [0.1, 0.15) is 25.3 Å². The van der Waals surface area contributed by atoms with Crippen LogP contribution in [0, 0.1) is 0 Å². The van der Waals surface area contributed by atoms with Crippen molar-refractivity contribution in [2.75, 3.05) is 18.6 Å². The molecule has 0 saturated heterocycles. The number of hydrogen-bond acceptors (Lipinski definition) is 4. The Morgan fingerprint density at radius 1 is 1.15 bits per heavy atom. The number of para-hydroxylation sites is 1. The predicted octanol–water partition coefficient (Wildman–Crippen LogP) is 3.62. The minimum absolute atomic E-state index is 0.00537. The molecule has 142 valence electrons. The van der Waals surface area contributed by atoms with Crippen molar-refractivity contribution in [1.29, 1.82) is 0 Å². The Balaban J connectivity index is 1.50. The van der Waals surface area contributed by atoms with Gasteiger partial charge in [0.2, 0.25) is 11.8 Å². The number of methoxy groups -OCH3 is 1. The maximum absolute atomic E-state index is 12.7. The van der Waals surface area contributed by atoms with Crippen molar-refractivity contribution in [2.24, 2.45) is 0 Å². The molecule has 5 nitrogen and oxygen atoms in total. The number of nitrogens with zero attached hydrogens (tertiary/aromatic N) is 1. The second kappa shape index (κ2) is 8.95. The van der Waals surface area contributed by atoms with E-state index in [0.717, 1.165) is 21.9 Å². The molecule has 0 spiro atoms. The Labute approximate surface area is 164 Å². The summed E-state index contributed by atoms with van der Waals surface area (Å²) in [4.78, 5) is 27.7. The Morgan fingerprint density at radius 3 is 2.63 bits per heavy atom. The standard InChI is InChI=1S/C21H24N2O3S/c1-15-14-23(18-5-3-4-6-19(18)27-15)21(25)12-11-20(24)22-13-16-7-9-17(26-2)10-8-16/h3-10,15H,11-14H2,1-2H3,(H,22,24)/t15-/m0/s1. The zero-order chi connectivity index (χ0) is 19.2. The molecule has 0 unspecified atom stereocenters. The second-order valence-corrected chi connectivity index (χ2v) is 8.01. The summed E-state index contributed by atoms with van der Waals surface area (Å²) in [5, 5.41) is 3.21. The summed E-state index contributed by atoms with van der Waals surface area (Å²) in [6.07, 6.45) is 0.398. The molecule has 0 saturated carbocycles. The van der Waals surface area contributed by atoms with Crippen molar-refractivity contribution in [2.45, 2.75) is 36.5 Å². The molecule has 0 bridgehead atoms. The van der Waals surface area contributed by atoms with Crippen LogP contribution in [-0.2, 0) is 16.1 Å². The van der Waals surface area contributed by atoms with Crippen LogP contribution in [0.4, 0.5) is 5.69 Å². The number of carbonyl (C=O) groups is 2. The molecule has 0 fully saturated rings. The normalized spacial score (nSPS) is 15.8. The lowest BCUT2D eigenvalue weighted by Gasteiger charge is -2.32. The molecule has 2 amide bonds. The van der Waals surface area contributed by atoms with Crippen LogP contribution in [0.5, 0.6) is 5.75 Å². The van der Waals surface area contributed by atoms with Crippen LogP contribution in [0.2, 0.25) is 0 Å². The summed E-state index contributed by atoms with van der Waals surface area (Å²) in [5.41, 5.74) is 1.94. The SMILES string of the molecule is COc1ccc(CNC(=O)CCC(=O)N2C[C@H](C)Sc3ccccc32)cc1. The minimum atomic E-state index is -0.119. The Kier molecular flexibility index (Phi) is 6.40. The van der Waals surface area contributed by atoms with Crippen molar-refractivity contribution in [3.8, 4) is 5.75 Å². The average molecular weight is 385 g/mol. The van der Waals surface area contributed by atoms with E-state index in [1.54, 1.807) is 18.9 Å². The van der Waals surface area contributed by atoms with Crippen molar-refractivity contribution in [3.63, 3.8) is 0 Å². The molecule has 1 aliphatic rings. The molecular formula is C21H24N2O3S. The summed E-state index contributed by atoms with van der Waals surface area (Å²) in [5.74, 6) is 0.658. The second-order valence-electron chi connectivity index (χ2n) is 6.53. The van der Waals surface area contributed by atoms with Gasteiger partial charge in [0.25, 0.3) is 0 Å². The molecule has 0 aromatic heterocycles. The minimum Gasteiger partial charge on any atom is -0.497 e. The first-order valence-corrected chi connectivity index (χ1v) is 9.90. The Bertz CT molecular complexity index is 807. The van der Waals surface area contributed by atoms with E-state index in [0.29, 0.717) is 18.3 Å². The number of rotatable bonds is 6. The first kappa shape index (κ1) is 19.3. The van der Waals surface area contributed by atoms with Gasteiger partial charge in [-0.05, 0) is 29.8 Å². The topological polar surface area (TPSA) is 58.6 Å². The maximum Gasteiger partial charge on any atom is 0.227 e. The quantitative estimate of drug-likeness (QED) is 0.826. The summed E-state index contributed by atoms with van der Waals surface area (Å²) >= 11 is 1.78. The van der Waals surface area contributed by atoms with Gasteiger partial charge >= 0.3 is 0 Å². The van der Waals surface area contributed by atoms with Gasteiger partial charge in [-0.3, -0.25) is 9.59 Å². The highest BCUT2D eigenvalue weighted by Gasteiger charge is 2.26. The molecule has 2 aromatic carbocycles. The number of anilines is 1. The largest absolute Gasteiger partial charge is 0.497 e. The molecule has 1 aliphatic heterocycles. The molecule has 6 heteroatoms. The van der Waals surface area contributed by atoms with E-state index in [9.17, 15) is 9.59 Å². The van der Waals surface area contributed by atoms with Gasteiger partial charge in [0, 0.05) is 36.1 Å². The lowest BCUT2D eigenvalue weighted by Crippen LogP contribution is -2.39. The van der Waals surface area contributed by atoms with Crippen molar-refractivity contribution in [1.82, 2.24) is 5.32 Å². The van der Waals surface area contributed by atoms with E-state index >= 15 is 0 Å². The van der Waals surface area contributed by atoms with Gasteiger partial charge in [-0.25, -0.2) is 0 Å². The van der Waals surface area contributed by atoms with E-state index in [1.165, 1.54) is 0 Å². The maximum atomic E-state index is 12.7. The highest BCUT2D eigenvalue weighted by molar-refractivity contribution is 8.00. The van der Waals surface area contributed by atoms with Gasteiger partial charge in [0.15, 0.2) is 0 Å². The fourth-order valence-electron chi connectivity index (χ4n) is 3.01. The number of hydrogen-bond donors (Lipinski definition) is 1. The molecule has 1 atom stereocenters. The van der Waals surface area contributed by atoms with Gasteiger partial charge in [0.1, 0.15) is 5.75 Å². The van der Waals surface area contributed by atoms with Crippen LogP contribution >= 0.6 is 11.8 Å². The molecule has 3 rings (SSSR count). The zero-order valence-corrected chi connectivity index (χ0v) is 16.4. The van der Waals surface area contributed by atoms with Gasteiger partial charge in [-0.2, -0.15) is 0 Å². The average Bonchev–Trinajstić information content (AvgIpc) is 2.70. The van der Waals surface area contributed by atoms with Gasteiger partial charge < -0.3 is 15.0 Å². The summed E-state index contributed by atoms with van der Waals surface area (Å²) < 4.78 is 5.12. The first-order valence-electron chi connectivity index (χ1n) is 9.02. The number of carbonyl (C=O) groups excluding carboxylic acids is 2. The van der Waals surface area contributed by atoms with E-state index in [2.05, 4.69) is 12.2 Å². The molecule has 2 aromatic rings. The van der Waals surface area contributed by atoms with E-state index in [-0.39, 0.29) is 24.7 Å². The van der Waals surface area contributed by atoms with E-state index in [4.69, 9.17) is 4.74 Å². The van der Waals surface area contributed by atoms with Crippen molar-refractivity contribution in [3.05, 3.63) is 54.1 Å². The first-order chi connectivity index (χ1) is 13.1. The van der Waals surface area contributed by atoms with Crippen molar-refractivity contribution >= 4 is 29.3 Å². The molecular weight excluding hydrogens is 360 g/mol. The monoisotopic (exact) mass is 384 g/mol. The van der Waals surface area contributed by atoms with E-state index < -0.39 is 0 Å². The summed E-state index contributed by atoms with van der Waals surface area (Å²) in [6, 6.07) is 15.5. The molecule has 0 radical (unpaired) electrons. The third-order valence-electron chi connectivity index (χ3n) is 4.44. The molecule has 0 aliphatic carbocycles. The number of fused-ring (bicyclic) bond motifs is 1. The van der Waals surface area contributed by atoms with Gasteiger partial charge in [-0.15, -0.1) is 11.8 Å². The Morgan fingerprint density at radius 2 is 1.89 bits per heavy atom. The summed E-state index contributed by atoms with van der Waals surface area (Å²) in [6.45, 7) is 3.23. The van der Waals surface area contributed by atoms with Crippen LogP contribution in [0.25, 0.3) is 0 Å². The number of nitrogens with one attached hydrogen (secondary N) is 1. The fourth-order valence-corrected chi connectivity index (χ4v) is 4.13. The third kappa shape index (κ3) is 5.04. The number of benzene rings is 2. The number of ether oxygens (including phenoxy) is 1. The van der Waals surface area contributed by atoms with Gasteiger partial charge in [-0.1, -0.05) is 31.2 Å². The molecule has 1 N–H and O–H groups in total. The molecule has 27 heavy (non-hydrogen) atoms. The highest BCUT2D eigenvalue weighted by atomic mass is 32.2. The highest BCUT2D eigenvalue weighted by Crippen LogP contribution is 2.38. The Hall–Kier alpha value is -2.47. The zero-order valence-electron chi connectivity index (χ0n) is 15.6. The van der Waals surface area contributed by atoms with E-state index in [1.807, 2.05) is 53.4 Å². The lowest BCUT2D eigenvalue weighted by molar-refractivity contribution is -0.125. The van der Waals surface area contributed by atoms with Crippen LogP contribution < -0.4 is 15.0 Å². The predicted molar refractivity (Wildman–Crippen MR) is 108 cm³/mol. The molecule has 1 heterocycles. The van der Waals surface area contributed by atoms with Crippen molar-refractivity contribution < 1.29 is 14.3 Å². The fraction of sp³-hybridized carbons (Fsp3) is 0.333.